The molecule has 1 N–H and O–H groups in total. The second-order valence-electron chi connectivity index (χ2n) is 4.57. The number of methoxy groups -OCH3 is 1. The van der Waals surface area contributed by atoms with Gasteiger partial charge in [-0.1, -0.05) is 0 Å². The number of likely N-dealkylation sites (tertiary alicyclic amines) is 1. The van der Waals surface area contributed by atoms with E-state index >= 15 is 0 Å². The minimum Gasteiger partial charge on any atom is -0.481 e. The molecular weight excluding hydrogens is 246 g/mol. The van der Waals surface area contributed by atoms with Gasteiger partial charge in [-0.2, -0.15) is 0 Å². The number of ether oxygens (including phenoxy) is 1. The van der Waals surface area contributed by atoms with Crippen molar-refractivity contribution >= 4 is 11.8 Å². The number of hydrogen-bond donors (Lipinski definition) is 1. The van der Waals surface area contributed by atoms with Crippen LogP contribution in [0.4, 0.5) is 0 Å². The number of piperidine rings is 1. The summed E-state index contributed by atoms with van der Waals surface area (Å²) >= 11 is 0. The van der Waals surface area contributed by atoms with Crippen LogP contribution in [0, 0.1) is 0 Å². The summed E-state index contributed by atoms with van der Waals surface area (Å²) < 4.78 is 4.98. The fraction of sp³-hybridized carbons (Fsp3) is 0.462. The number of carbonyl (C=O) groups excluding carboxylic acids is 2. The molecular formula is C13H17N3O3. The lowest BCUT2D eigenvalue weighted by atomic mass is 10.1. The van der Waals surface area contributed by atoms with Crippen LogP contribution in [-0.2, 0) is 4.79 Å². The van der Waals surface area contributed by atoms with E-state index in [1.54, 1.807) is 24.1 Å². The SMILES string of the molecule is COc1cc(C(=O)N[C@H]2CCC(=O)N(C)C2)ccn1. The van der Waals surface area contributed by atoms with Crippen LogP contribution in [0.5, 0.6) is 5.88 Å². The lowest BCUT2D eigenvalue weighted by molar-refractivity contribution is -0.132. The third-order valence-electron chi connectivity index (χ3n) is 3.17. The molecule has 1 aromatic rings. The molecule has 2 amide bonds. The second-order valence-corrected chi connectivity index (χ2v) is 4.57. The fourth-order valence-electron chi connectivity index (χ4n) is 2.06. The largest absolute Gasteiger partial charge is 0.481 e. The summed E-state index contributed by atoms with van der Waals surface area (Å²) in [4.78, 5) is 29.0. The average molecular weight is 263 g/mol. The predicted molar refractivity (Wildman–Crippen MR) is 68.9 cm³/mol. The first-order valence-corrected chi connectivity index (χ1v) is 6.15. The van der Waals surface area contributed by atoms with E-state index < -0.39 is 0 Å². The highest BCUT2D eigenvalue weighted by molar-refractivity contribution is 5.94. The number of carbonyl (C=O) groups is 2. The van der Waals surface area contributed by atoms with Crippen molar-refractivity contribution in [1.82, 2.24) is 15.2 Å². The fourth-order valence-corrected chi connectivity index (χ4v) is 2.06. The molecule has 1 fully saturated rings. The zero-order chi connectivity index (χ0) is 13.8. The van der Waals surface area contributed by atoms with Gasteiger partial charge in [0.2, 0.25) is 11.8 Å². The van der Waals surface area contributed by atoms with E-state index in [0.717, 1.165) is 0 Å². The quantitative estimate of drug-likeness (QED) is 0.859. The molecule has 0 unspecified atom stereocenters. The number of amides is 2. The number of nitrogens with zero attached hydrogens (tertiary/aromatic N) is 2. The summed E-state index contributed by atoms with van der Waals surface area (Å²) in [6.07, 6.45) is 2.68. The summed E-state index contributed by atoms with van der Waals surface area (Å²) in [6.45, 7) is 0.548. The number of nitrogens with one attached hydrogen (secondary N) is 1. The van der Waals surface area contributed by atoms with Crippen molar-refractivity contribution in [2.75, 3.05) is 20.7 Å². The Morgan fingerprint density at radius 3 is 3.05 bits per heavy atom. The summed E-state index contributed by atoms with van der Waals surface area (Å²) in [7, 11) is 3.25. The first-order chi connectivity index (χ1) is 9.10. The Kier molecular flexibility index (Phi) is 3.99. The minimum absolute atomic E-state index is 0.00522. The standard InChI is InChI=1S/C13H17N3O3/c1-16-8-10(3-4-12(16)17)15-13(18)9-5-6-14-11(7-9)19-2/h5-7,10H,3-4,8H2,1-2H3,(H,15,18)/t10-/m0/s1. The lowest BCUT2D eigenvalue weighted by Gasteiger charge is -2.30. The summed E-state index contributed by atoms with van der Waals surface area (Å²) in [6, 6.07) is 3.22. The number of hydrogen-bond acceptors (Lipinski definition) is 4. The molecule has 2 heterocycles. The second kappa shape index (κ2) is 5.69. The molecule has 1 atom stereocenters. The molecule has 6 heteroatoms. The number of pyridine rings is 1. The van der Waals surface area contributed by atoms with Gasteiger partial charge in [-0.25, -0.2) is 4.98 Å². The maximum Gasteiger partial charge on any atom is 0.251 e. The summed E-state index contributed by atoms with van der Waals surface area (Å²) in [5.74, 6) is 0.355. The molecule has 102 valence electrons. The van der Waals surface area contributed by atoms with Crippen molar-refractivity contribution in [2.24, 2.45) is 0 Å². The van der Waals surface area contributed by atoms with Gasteiger partial charge in [0.15, 0.2) is 0 Å². The highest BCUT2D eigenvalue weighted by atomic mass is 16.5. The van der Waals surface area contributed by atoms with Crippen LogP contribution in [-0.4, -0.2) is 48.4 Å². The van der Waals surface area contributed by atoms with E-state index in [1.165, 1.54) is 13.3 Å². The van der Waals surface area contributed by atoms with Crippen molar-refractivity contribution in [3.05, 3.63) is 23.9 Å². The van der Waals surface area contributed by atoms with Crippen molar-refractivity contribution in [1.29, 1.82) is 0 Å². The molecule has 0 radical (unpaired) electrons. The van der Waals surface area contributed by atoms with E-state index in [0.29, 0.717) is 30.8 Å². The first-order valence-electron chi connectivity index (χ1n) is 6.15. The van der Waals surface area contributed by atoms with Crippen LogP contribution in [0.1, 0.15) is 23.2 Å². The van der Waals surface area contributed by atoms with Crippen molar-refractivity contribution in [3.8, 4) is 5.88 Å². The molecule has 1 aliphatic heterocycles. The van der Waals surface area contributed by atoms with E-state index in [1.807, 2.05) is 0 Å². The topological polar surface area (TPSA) is 71.5 Å². The van der Waals surface area contributed by atoms with E-state index in [4.69, 9.17) is 4.74 Å². The average Bonchev–Trinajstić information content (AvgIpc) is 2.43. The van der Waals surface area contributed by atoms with Crippen LogP contribution >= 0.6 is 0 Å². The third-order valence-corrected chi connectivity index (χ3v) is 3.17. The Bertz CT molecular complexity index is 490. The van der Waals surface area contributed by atoms with Gasteiger partial charge in [0, 0.05) is 43.9 Å². The normalized spacial score (nSPS) is 19.2. The van der Waals surface area contributed by atoms with Crippen LogP contribution in [0.25, 0.3) is 0 Å². The van der Waals surface area contributed by atoms with Gasteiger partial charge < -0.3 is 15.0 Å². The van der Waals surface area contributed by atoms with Crippen molar-refractivity contribution in [2.45, 2.75) is 18.9 Å². The maximum absolute atomic E-state index is 12.1. The zero-order valence-electron chi connectivity index (χ0n) is 11.0. The van der Waals surface area contributed by atoms with Gasteiger partial charge in [-0.05, 0) is 12.5 Å². The van der Waals surface area contributed by atoms with Gasteiger partial charge in [0.1, 0.15) is 0 Å². The van der Waals surface area contributed by atoms with Gasteiger partial charge >= 0.3 is 0 Å². The smallest absolute Gasteiger partial charge is 0.251 e. The summed E-state index contributed by atoms with van der Waals surface area (Å²) in [5, 5.41) is 2.92. The molecule has 0 saturated carbocycles. The van der Waals surface area contributed by atoms with Crippen LogP contribution in [0.2, 0.25) is 0 Å². The van der Waals surface area contributed by atoms with Crippen LogP contribution in [0.15, 0.2) is 18.3 Å². The Labute approximate surface area is 111 Å². The molecule has 0 aromatic carbocycles. The van der Waals surface area contributed by atoms with E-state index in [-0.39, 0.29) is 17.9 Å². The first kappa shape index (κ1) is 13.3. The molecule has 0 aliphatic carbocycles. The molecule has 2 rings (SSSR count). The molecule has 0 bridgehead atoms. The van der Waals surface area contributed by atoms with E-state index in [9.17, 15) is 9.59 Å². The monoisotopic (exact) mass is 263 g/mol. The third kappa shape index (κ3) is 3.21. The van der Waals surface area contributed by atoms with Crippen LogP contribution in [0.3, 0.4) is 0 Å². The number of aromatic nitrogens is 1. The molecule has 1 aliphatic rings. The maximum atomic E-state index is 12.1. The Morgan fingerprint density at radius 2 is 2.37 bits per heavy atom. The Hall–Kier alpha value is -2.11. The molecule has 1 saturated heterocycles. The predicted octanol–water partition coefficient (Wildman–Crippen LogP) is 0.441. The van der Waals surface area contributed by atoms with Gasteiger partial charge in [-0.15, -0.1) is 0 Å². The molecule has 1 aromatic heterocycles. The zero-order valence-corrected chi connectivity index (χ0v) is 11.0. The highest BCUT2D eigenvalue weighted by Gasteiger charge is 2.24. The molecule has 6 nitrogen and oxygen atoms in total. The Morgan fingerprint density at radius 1 is 1.58 bits per heavy atom. The summed E-state index contributed by atoms with van der Waals surface area (Å²) in [5.41, 5.74) is 0.506. The van der Waals surface area contributed by atoms with Gasteiger partial charge in [-0.3, -0.25) is 9.59 Å². The molecule has 0 spiro atoms. The lowest BCUT2D eigenvalue weighted by Crippen LogP contribution is -2.48. The van der Waals surface area contributed by atoms with Gasteiger partial charge in [0.05, 0.1) is 7.11 Å². The minimum atomic E-state index is -0.173. The van der Waals surface area contributed by atoms with Gasteiger partial charge in [0.25, 0.3) is 5.91 Å². The van der Waals surface area contributed by atoms with Crippen molar-refractivity contribution < 1.29 is 14.3 Å². The number of rotatable bonds is 3. The highest BCUT2D eigenvalue weighted by Crippen LogP contribution is 2.12. The van der Waals surface area contributed by atoms with Crippen LogP contribution < -0.4 is 10.1 Å². The molecule has 19 heavy (non-hydrogen) atoms. The Balaban J connectivity index is 1.99. The van der Waals surface area contributed by atoms with E-state index in [2.05, 4.69) is 10.3 Å². The van der Waals surface area contributed by atoms with Crippen molar-refractivity contribution in [3.63, 3.8) is 0 Å². The number of likely N-dealkylation sites (N-methyl/N-ethyl adjacent to an activating group) is 1.